The van der Waals surface area contributed by atoms with Crippen LogP contribution in [0, 0.1) is 0 Å². The molecule has 0 spiro atoms. The molecule has 4 aromatic heterocycles. The zero-order valence-electron chi connectivity index (χ0n) is 31.1. The number of nitrogens with zero attached hydrogens (tertiary/aromatic N) is 4. The van der Waals surface area contributed by atoms with Gasteiger partial charge < -0.3 is 30.1 Å². The number of carbonyl (C=O) groups is 2. The number of benzene rings is 5. The highest BCUT2D eigenvalue weighted by Crippen LogP contribution is 2.22. The van der Waals surface area contributed by atoms with Gasteiger partial charge in [-0.2, -0.15) is 0 Å². The van der Waals surface area contributed by atoms with Crippen molar-refractivity contribution in [3.63, 3.8) is 0 Å². The summed E-state index contributed by atoms with van der Waals surface area (Å²) in [5.41, 5.74) is 8.70. The quantitative estimate of drug-likeness (QED) is 0.0866. The minimum Gasteiger partial charge on any atom is -0.441 e. The van der Waals surface area contributed by atoms with E-state index in [0.29, 0.717) is 24.6 Å². The molecule has 57 heavy (non-hydrogen) atoms. The monoisotopic (exact) mass is 763 g/mol. The lowest BCUT2D eigenvalue weighted by molar-refractivity contribution is -0.123. The van der Waals surface area contributed by atoms with Crippen molar-refractivity contribution in [2.45, 2.75) is 45.2 Å². The lowest BCUT2D eigenvalue weighted by atomic mass is 10.0. The number of hydrogen-bond acceptors (Lipinski definition) is 8. The molecular weight excluding hydrogens is 719 g/mol. The van der Waals surface area contributed by atoms with Crippen LogP contribution in [0.25, 0.3) is 44.0 Å². The van der Waals surface area contributed by atoms with Crippen LogP contribution in [-0.2, 0) is 35.7 Å². The van der Waals surface area contributed by atoms with E-state index in [1.807, 2.05) is 134 Å². The Morgan fingerprint density at radius 1 is 0.789 bits per heavy atom. The van der Waals surface area contributed by atoms with E-state index in [0.717, 1.165) is 61.0 Å². The molecule has 0 saturated carbocycles. The van der Waals surface area contributed by atoms with Crippen molar-refractivity contribution in [1.82, 2.24) is 45.1 Å². The Morgan fingerprint density at radius 2 is 1.40 bits per heavy atom. The normalized spacial score (nSPS) is 13.1. The summed E-state index contributed by atoms with van der Waals surface area (Å²) < 4.78 is 6.34. The maximum atomic E-state index is 13.4. The highest BCUT2D eigenvalue weighted by Gasteiger charge is 2.25. The lowest BCUT2D eigenvalue weighted by Gasteiger charge is -2.21. The van der Waals surface area contributed by atoms with Crippen molar-refractivity contribution in [2.24, 2.45) is 0 Å². The molecule has 13 nitrogen and oxygen atoms in total. The van der Waals surface area contributed by atoms with E-state index in [-0.39, 0.29) is 34.1 Å². The first-order valence-electron chi connectivity index (χ1n) is 18.7. The van der Waals surface area contributed by atoms with Gasteiger partial charge in [0.2, 0.25) is 5.91 Å². The van der Waals surface area contributed by atoms with E-state index in [1.54, 1.807) is 0 Å². The van der Waals surface area contributed by atoms with E-state index < -0.39 is 6.04 Å². The molecule has 0 aliphatic carbocycles. The van der Waals surface area contributed by atoms with E-state index in [4.69, 9.17) is 9.84 Å². The first-order valence-corrected chi connectivity index (χ1v) is 18.7. The summed E-state index contributed by atoms with van der Waals surface area (Å²) in [5.74, 6) is 2.08. The molecule has 5 heterocycles. The van der Waals surface area contributed by atoms with Gasteiger partial charge in [-0.15, -0.1) is 0 Å². The summed E-state index contributed by atoms with van der Waals surface area (Å²) in [6.07, 6.45) is 2.23. The van der Waals surface area contributed by atoms with Gasteiger partial charge in [0.1, 0.15) is 18.3 Å². The number of aromatic nitrogens is 7. The Bertz CT molecular complexity index is 2730. The summed E-state index contributed by atoms with van der Waals surface area (Å²) >= 11 is 0. The summed E-state index contributed by atoms with van der Waals surface area (Å²) in [7, 11) is 0. The molecule has 2 unspecified atom stereocenters. The fraction of sp³-hybridized carbons (Fsp3) is 0.159. The Hall–Kier alpha value is -7.09. The molecule has 10 rings (SSSR count). The first kappa shape index (κ1) is 36.9. The lowest BCUT2D eigenvalue weighted by Crippen LogP contribution is -2.46. The van der Waals surface area contributed by atoms with Crippen LogP contribution in [0.4, 0.5) is 4.79 Å². The van der Waals surface area contributed by atoms with Crippen LogP contribution < -0.4 is 10.6 Å². The highest BCUT2D eigenvalue weighted by atomic mass is 16.6. The first-order chi connectivity index (χ1) is 27.9. The molecule has 6 N–H and O–H groups in total. The molecule has 9 aromatic rings. The van der Waals surface area contributed by atoms with Crippen LogP contribution in [0.3, 0.4) is 0 Å². The predicted molar refractivity (Wildman–Crippen MR) is 223 cm³/mol. The highest BCUT2D eigenvalue weighted by molar-refractivity contribution is 5.89. The van der Waals surface area contributed by atoms with Crippen molar-refractivity contribution < 1.29 is 22.3 Å². The second kappa shape index (κ2) is 16.7. The third kappa shape index (κ3) is 8.29. The summed E-state index contributed by atoms with van der Waals surface area (Å²) in [6, 6.07) is 40.8. The predicted octanol–water partition coefficient (Wildman–Crippen LogP) is 7.70. The number of imidazole rings is 3. The zero-order chi connectivity index (χ0) is 39.1. The Balaban J connectivity index is 0.000000183. The Kier molecular flexibility index (Phi) is 10.8. The molecule has 0 saturated heterocycles. The number of carbonyl (C=O) groups excluding carboxylic acids is 2. The zero-order valence-corrected chi connectivity index (χ0v) is 31.1. The minimum absolute atomic E-state index is 0. The summed E-state index contributed by atoms with van der Waals surface area (Å²) in [4.78, 5) is 47.3. The standard InChI is InChI=1S/C27H27N5O.C9H6N2O2.C8H8N2O.2H2/c1-18(19-9-3-2-4-10-19)30-27(33)25(15-20-16-28-22-12-6-5-11-21(20)22)29-17-26-31-23-13-7-8-14-24(23)32-26;12-9-11-7-4-2-1-3-6(7)10-8(11)5-13-9;11-5-8-9-6-3-1-2-4-7(6)10-8;;/h2-14,16,18,25,28-29H,15,17H2,1H3,(H,30,33)(H,31,32);1-4H,5H2;1-4,11H,5H2,(H,9,10);2*1H. The molecule has 5 aromatic carbocycles. The van der Waals surface area contributed by atoms with Crippen LogP contribution in [-0.4, -0.2) is 57.6 Å². The molecule has 0 bridgehead atoms. The number of aromatic amines is 3. The van der Waals surface area contributed by atoms with Crippen molar-refractivity contribution in [1.29, 1.82) is 0 Å². The fourth-order valence-corrected chi connectivity index (χ4v) is 6.87. The number of aliphatic hydroxyl groups is 1. The minimum atomic E-state index is -0.413. The molecular formula is C44H45N9O4. The average Bonchev–Trinajstić information content (AvgIpc) is 4.09. The van der Waals surface area contributed by atoms with Crippen LogP contribution in [0.5, 0.6) is 0 Å². The molecule has 2 atom stereocenters. The van der Waals surface area contributed by atoms with Crippen molar-refractivity contribution in [2.75, 3.05) is 0 Å². The fourth-order valence-electron chi connectivity index (χ4n) is 6.87. The molecule has 290 valence electrons. The Labute approximate surface area is 330 Å². The molecule has 0 fully saturated rings. The number of nitrogens with one attached hydrogen (secondary N) is 5. The summed E-state index contributed by atoms with van der Waals surface area (Å²) in [6.45, 7) is 2.73. The third-order valence-electron chi connectivity index (χ3n) is 9.75. The summed E-state index contributed by atoms with van der Waals surface area (Å²) in [5, 5.41) is 16.5. The van der Waals surface area contributed by atoms with Gasteiger partial charge in [-0.25, -0.2) is 24.3 Å². The smallest absolute Gasteiger partial charge is 0.420 e. The van der Waals surface area contributed by atoms with Crippen molar-refractivity contribution >= 4 is 56.0 Å². The van der Waals surface area contributed by atoms with Crippen LogP contribution >= 0.6 is 0 Å². The van der Waals surface area contributed by atoms with Gasteiger partial charge in [0, 0.05) is 20.0 Å². The van der Waals surface area contributed by atoms with Crippen LogP contribution in [0.2, 0.25) is 0 Å². The number of H-pyrrole nitrogens is 3. The maximum absolute atomic E-state index is 13.4. The largest absolute Gasteiger partial charge is 0.441 e. The SMILES string of the molecule is CC(NC(=O)C(Cc1c[nH]c2ccccc12)NCc1nc2ccccc2[nH]1)c1ccccc1.O=C1OCc2nc3ccccc3n21.OCc1nc2ccccc2[nH]1.[HH].[HH]. The average molecular weight is 764 g/mol. The number of amides is 1. The molecule has 0 radical (unpaired) electrons. The second-order valence-corrected chi connectivity index (χ2v) is 13.6. The van der Waals surface area contributed by atoms with E-state index in [9.17, 15) is 9.59 Å². The Morgan fingerprint density at radius 3 is 2.12 bits per heavy atom. The number of hydrogen-bond donors (Lipinski definition) is 6. The van der Waals surface area contributed by atoms with Gasteiger partial charge in [0.15, 0.2) is 12.4 Å². The van der Waals surface area contributed by atoms with E-state index in [1.165, 1.54) is 4.57 Å². The number of aliphatic hydroxyl groups excluding tert-OH is 1. The maximum Gasteiger partial charge on any atom is 0.420 e. The van der Waals surface area contributed by atoms with Gasteiger partial charge in [-0.3, -0.25) is 10.1 Å². The van der Waals surface area contributed by atoms with Gasteiger partial charge >= 0.3 is 6.09 Å². The van der Waals surface area contributed by atoms with Crippen molar-refractivity contribution in [3.05, 3.63) is 162 Å². The van der Waals surface area contributed by atoms with Gasteiger partial charge in [-0.05, 0) is 66.9 Å². The molecule has 1 amide bonds. The van der Waals surface area contributed by atoms with Gasteiger partial charge in [-0.1, -0.05) is 84.9 Å². The van der Waals surface area contributed by atoms with E-state index >= 15 is 0 Å². The van der Waals surface area contributed by atoms with Gasteiger partial charge in [0.05, 0.1) is 51.7 Å². The van der Waals surface area contributed by atoms with Gasteiger partial charge in [0.25, 0.3) is 0 Å². The second-order valence-electron chi connectivity index (χ2n) is 13.6. The molecule has 1 aliphatic heterocycles. The van der Waals surface area contributed by atoms with Crippen LogP contribution in [0.15, 0.2) is 134 Å². The number of cyclic esters (lactones) is 1. The number of ether oxygens (including phenoxy) is 1. The van der Waals surface area contributed by atoms with Crippen molar-refractivity contribution in [3.8, 4) is 0 Å². The number of rotatable bonds is 9. The number of para-hydroxylation sites is 7. The van der Waals surface area contributed by atoms with E-state index in [2.05, 4.69) is 46.6 Å². The number of fused-ring (bicyclic) bond motifs is 6. The molecule has 13 heteroatoms. The molecule has 1 aliphatic rings. The third-order valence-corrected chi connectivity index (χ3v) is 9.75. The topological polar surface area (TPSA) is 179 Å². The van der Waals surface area contributed by atoms with Crippen LogP contribution in [0.1, 0.15) is 44.4 Å².